The Balaban J connectivity index is 1.74. The number of nitrogens with one attached hydrogen (secondary N) is 1. The molecule has 0 saturated heterocycles. The molecule has 0 aliphatic heterocycles. The molecule has 3 aromatic rings. The van der Waals surface area contributed by atoms with Crippen LogP contribution in [0.25, 0.3) is 10.2 Å². The Morgan fingerprint density at radius 2 is 1.81 bits per heavy atom. The highest BCUT2D eigenvalue weighted by molar-refractivity contribution is 7.92. The first-order valence-electron chi connectivity index (χ1n) is 8.71. The molecule has 2 aromatic carbocycles. The SMILES string of the molecule is COc1cc2c(cc1S(=O)(=O)Nc1ccc3c(c1)sc(=O)n3C)CCCC2. The third-order valence-electron chi connectivity index (χ3n) is 4.96. The number of methoxy groups -OCH3 is 1. The van der Waals surface area contributed by atoms with Crippen molar-refractivity contribution in [1.29, 1.82) is 0 Å². The Kier molecular flexibility index (Phi) is 4.47. The zero-order chi connectivity index (χ0) is 19.2. The number of benzene rings is 2. The highest BCUT2D eigenvalue weighted by Gasteiger charge is 2.23. The van der Waals surface area contributed by atoms with Gasteiger partial charge in [-0.05, 0) is 67.1 Å². The van der Waals surface area contributed by atoms with Crippen LogP contribution in [-0.4, -0.2) is 20.1 Å². The minimum Gasteiger partial charge on any atom is -0.495 e. The smallest absolute Gasteiger partial charge is 0.307 e. The molecule has 0 saturated carbocycles. The minimum absolute atomic E-state index is 0.0821. The van der Waals surface area contributed by atoms with E-state index in [1.54, 1.807) is 35.9 Å². The fraction of sp³-hybridized carbons (Fsp3) is 0.316. The first-order valence-corrected chi connectivity index (χ1v) is 11.0. The van der Waals surface area contributed by atoms with Crippen molar-refractivity contribution < 1.29 is 13.2 Å². The molecule has 0 amide bonds. The lowest BCUT2D eigenvalue weighted by atomic mass is 9.92. The van der Waals surface area contributed by atoms with Gasteiger partial charge in [0.15, 0.2) is 0 Å². The van der Waals surface area contributed by atoms with Gasteiger partial charge in [-0.25, -0.2) is 8.42 Å². The molecule has 1 aliphatic rings. The monoisotopic (exact) mass is 404 g/mol. The van der Waals surface area contributed by atoms with Gasteiger partial charge in [0.2, 0.25) is 0 Å². The predicted octanol–water partition coefficient (Wildman–Crippen LogP) is 3.29. The third kappa shape index (κ3) is 3.23. The molecule has 6 nitrogen and oxygen atoms in total. The van der Waals surface area contributed by atoms with Gasteiger partial charge in [-0.1, -0.05) is 11.3 Å². The van der Waals surface area contributed by atoms with Crippen LogP contribution in [0.4, 0.5) is 5.69 Å². The number of sulfonamides is 1. The number of aryl methyl sites for hydroxylation is 3. The van der Waals surface area contributed by atoms with E-state index in [1.807, 2.05) is 6.07 Å². The second-order valence-electron chi connectivity index (χ2n) is 6.69. The summed E-state index contributed by atoms with van der Waals surface area (Å²) in [6.45, 7) is 0. The molecule has 0 bridgehead atoms. The summed E-state index contributed by atoms with van der Waals surface area (Å²) in [5.74, 6) is 0.355. The molecule has 27 heavy (non-hydrogen) atoms. The molecule has 0 unspecified atom stereocenters. The predicted molar refractivity (Wildman–Crippen MR) is 108 cm³/mol. The van der Waals surface area contributed by atoms with Gasteiger partial charge < -0.3 is 9.30 Å². The Labute approximate surface area is 161 Å². The lowest BCUT2D eigenvalue weighted by Crippen LogP contribution is -2.16. The summed E-state index contributed by atoms with van der Waals surface area (Å²) in [5.41, 5.74) is 3.43. The zero-order valence-corrected chi connectivity index (χ0v) is 16.7. The van der Waals surface area contributed by atoms with Crippen LogP contribution in [0.5, 0.6) is 5.75 Å². The zero-order valence-electron chi connectivity index (χ0n) is 15.1. The van der Waals surface area contributed by atoms with Crippen LogP contribution in [0, 0.1) is 0 Å². The maximum Gasteiger partial charge on any atom is 0.307 e. The fourth-order valence-electron chi connectivity index (χ4n) is 3.52. The van der Waals surface area contributed by atoms with Gasteiger partial charge in [0.1, 0.15) is 10.6 Å². The molecule has 142 valence electrons. The molecule has 0 radical (unpaired) electrons. The third-order valence-corrected chi connectivity index (χ3v) is 7.36. The summed E-state index contributed by atoms with van der Waals surface area (Å²) in [5, 5.41) is 0. The summed E-state index contributed by atoms with van der Waals surface area (Å²) in [7, 11) is -0.636. The molecule has 1 N–H and O–H groups in total. The maximum absolute atomic E-state index is 13.0. The molecule has 0 atom stereocenters. The van der Waals surface area contributed by atoms with E-state index in [1.165, 1.54) is 7.11 Å². The molecule has 0 fully saturated rings. The normalized spacial score (nSPS) is 14.1. The van der Waals surface area contributed by atoms with Gasteiger partial charge in [-0.15, -0.1) is 0 Å². The number of rotatable bonds is 4. The van der Waals surface area contributed by atoms with Crippen molar-refractivity contribution in [3.05, 3.63) is 51.1 Å². The largest absolute Gasteiger partial charge is 0.495 e. The molecule has 1 heterocycles. The Hall–Kier alpha value is -2.32. The van der Waals surface area contributed by atoms with E-state index >= 15 is 0 Å². The van der Waals surface area contributed by atoms with Gasteiger partial charge in [-0.2, -0.15) is 0 Å². The fourth-order valence-corrected chi connectivity index (χ4v) is 5.69. The van der Waals surface area contributed by atoms with Crippen molar-refractivity contribution in [2.45, 2.75) is 30.6 Å². The molecular weight excluding hydrogens is 384 g/mol. The number of fused-ring (bicyclic) bond motifs is 2. The number of hydrogen-bond acceptors (Lipinski definition) is 5. The van der Waals surface area contributed by atoms with Crippen molar-refractivity contribution in [3.63, 3.8) is 0 Å². The Morgan fingerprint density at radius 3 is 2.52 bits per heavy atom. The van der Waals surface area contributed by atoms with Crippen LogP contribution >= 0.6 is 11.3 Å². The first-order chi connectivity index (χ1) is 12.9. The van der Waals surface area contributed by atoms with Crippen molar-refractivity contribution in [2.24, 2.45) is 7.05 Å². The highest BCUT2D eigenvalue weighted by Crippen LogP contribution is 2.33. The number of ether oxygens (including phenoxy) is 1. The van der Waals surface area contributed by atoms with E-state index in [0.29, 0.717) is 11.4 Å². The first kappa shape index (κ1) is 18.1. The summed E-state index contributed by atoms with van der Waals surface area (Å²) in [4.78, 5) is 11.9. The molecule has 8 heteroatoms. The molecule has 4 rings (SSSR count). The van der Waals surface area contributed by atoms with E-state index in [-0.39, 0.29) is 9.77 Å². The average molecular weight is 405 g/mol. The Bertz CT molecular complexity index is 1190. The van der Waals surface area contributed by atoms with Crippen LogP contribution in [0.15, 0.2) is 40.0 Å². The lowest BCUT2D eigenvalue weighted by Gasteiger charge is -2.19. The van der Waals surface area contributed by atoms with Gasteiger partial charge in [0.25, 0.3) is 10.0 Å². The van der Waals surface area contributed by atoms with Crippen LogP contribution < -0.4 is 14.3 Å². The van der Waals surface area contributed by atoms with Crippen LogP contribution in [0.2, 0.25) is 0 Å². The second kappa shape index (κ2) is 6.69. The standard InChI is InChI=1S/C19H20N2O4S2/c1-21-15-8-7-14(11-17(15)26-19(21)22)20-27(23,24)18-10-13-6-4-3-5-12(13)9-16(18)25-2/h7-11,20H,3-6H2,1-2H3. The number of nitrogens with zero attached hydrogens (tertiary/aromatic N) is 1. The molecule has 1 aliphatic carbocycles. The number of thiazole rings is 1. The quantitative estimate of drug-likeness (QED) is 0.724. The van der Waals surface area contributed by atoms with E-state index < -0.39 is 10.0 Å². The van der Waals surface area contributed by atoms with Crippen LogP contribution in [-0.2, 0) is 29.9 Å². The summed E-state index contributed by atoms with van der Waals surface area (Å²) in [6.07, 6.45) is 4.01. The van der Waals surface area contributed by atoms with Gasteiger partial charge in [0.05, 0.1) is 23.0 Å². The van der Waals surface area contributed by atoms with E-state index in [2.05, 4.69) is 4.72 Å². The Morgan fingerprint density at radius 1 is 1.11 bits per heavy atom. The molecule has 1 aromatic heterocycles. The van der Waals surface area contributed by atoms with Crippen molar-refractivity contribution in [3.8, 4) is 5.75 Å². The van der Waals surface area contributed by atoms with Crippen molar-refractivity contribution in [1.82, 2.24) is 4.57 Å². The van der Waals surface area contributed by atoms with Gasteiger partial charge in [-0.3, -0.25) is 9.52 Å². The van der Waals surface area contributed by atoms with Gasteiger partial charge in [0, 0.05) is 7.05 Å². The number of aromatic nitrogens is 1. The van der Waals surface area contributed by atoms with E-state index in [9.17, 15) is 13.2 Å². The number of anilines is 1. The summed E-state index contributed by atoms with van der Waals surface area (Å²) in [6, 6.07) is 8.67. The topological polar surface area (TPSA) is 77.4 Å². The minimum atomic E-state index is -3.82. The number of hydrogen-bond donors (Lipinski definition) is 1. The second-order valence-corrected chi connectivity index (χ2v) is 9.34. The van der Waals surface area contributed by atoms with Crippen LogP contribution in [0.3, 0.4) is 0 Å². The van der Waals surface area contributed by atoms with E-state index in [4.69, 9.17) is 4.74 Å². The van der Waals surface area contributed by atoms with Crippen molar-refractivity contribution in [2.75, 3.05) is 11.8 Å². The summed E-state index contributed by atoms with van der Waals surface area (Å²) < 4.78 is 36.3. The average Bonchev–Trinajstić information content (AvgIpc) is 2.93. The summed E-state index contributed by atoms with van der Waals surface area (Å²) >= 11 is 1.09. The molecular formula is C19H20N2O4S2. The molecule has 0 spiro atoms. The maximum atomic E-state index is 13.0. The van der Waals surface area contributed by atoms with Crippen molar-refractivity contribution >= 4 is 37.3 Å². The highest BCUT2D eigenvalue weighted by atomic mass is 32.2. The van der Waals surface area contributed by atoms with E-state index in [0.717, 1.165) is 58.4 Å². The lowest BCUT2D eigenvalue weighted by molar-refractivity contribution is 0.401. The van der Waals surface area contributed by atoms with Gasteiger partial charge >= 0.3 is 4.87 Å². The van der Waals surface area contributed by atoms with Crippen LogP contribution in [0.1, 0.15) is 24.0 Å².